The first-order valence-corrected chi connectivity index (χ1v) is 6.21. The Bertz CT molecular complexity index is 603. The van der Waals surface area contributed by atoms with Gasteiger partial charge >= 0.3 is 0 Å². The Kier molecular flexibility index (Phi) is 3.93. The number of carbonyl (C=O) groups excluding carboxylic acids is 1. The first kappa shape index (κ1) is 13.6. The third-order valence-corrected chi connectivity index (χ3v) is 3.21. The van der Waals surface area contributed by atoms with Crippen LogP contribution in [0.4, 0.5) is 5.69 Å². The largest absolute Gasteiger partial charge is 0.398 e. The topological polar surface area (TPSA) is 82.0 Å². The van der Waals surface area contributed by atoms with Crippen molar-refractivity contribution < 1.29 is 4.79 Å². The average Bonchev–Trinajstić information content (AvgIpc) is 2.34. The van der Waals surface area contributed by atoms with E-state index in [2.05, 4.69) is 4.98 Å². The summed E-state index contributed by atoms with van der Waals surface area (Å²) in [6.07, 6.45) is 2.08. The van der Waals surface area contributed by atoms with Gasteiger partial charge in [-0.3, -0.25) is 9.78 Å². The molecule has 1 amide bonds. The number of aromatic nitrogens is 1. The van der Waals surface area contributed by atoms with Crippen LogP contribution in [0.2, 0.25) is 10.0 Å². The van der Waals surface area contributed by atoms with Crippen LogP contribution < -0.4 is 11.5 Å². The zero-order chi connectivity index (χ0) is 14.0. The van der Waals surface area contributed by atoms with Gasteiger partial charge in [0.05, 0.1) is 0 Å². The van der Waals surface area contributed by atoms with Gasteiger partial charge in [0.2, 0.25) is 0 Å². The highest BCUT2D eigenvalue weighted by atomic mass is 35.5. The predicted molar refractivity (Wildman–Crippen MR) is 76.4 cm³/mol. The quantitative estimate of drug-likeness (QED) is 0.854. The monoisotopic (exact) mass is 295 g/mol. The first-order chi connectivity index (χ1) is 8.97. The predicted octanol–water partition coefficient (Wildman–Crippen LogP) is 2.66. The number of primary amides is 1. The SMILES string of the molecule is NC(=O)c1ccc(Cc2c(N)cc(Cl)cc2Cl)cn1. The van der Waals surface area contributed by atoms with Gasteiger partial charge in [0, 0.05) is 28.4 Å². The van der Waals surface area contributed by atoms with Crippen molar-refractivity contribution in [2.75, 3.05) is 5.73 Å². The Morgan fingerprint density at radius 1 is 1.26 bits per heavy atom. The number of hydrogen-bond acceptors (Lipinski definition) is 3. The molecule has 98 valence electrons. The summed E-state index contributed by atoms with van der Waals surface area (Å²) in [5, 5.41) is 0.998. The van der Waals surface area contributed by atoms with Gasteiger partial charge < -0.3 is 11.5 Å². The van der Waals surface area contributed by atoms with Crippen LogP contribution in [-0.2, 0) is 6.42 Å². The number of rotatable bonds is 3. The van der Waals surface area contributed by atoms with E-state index in [1.807, 2.05) is 0 Å². The second kappa shape index (κ2) is 5.47. The van der Waals surface area contributed by atoms with Crippen molar-refractivity contribution >= 4 is 34.8 Å². The Labute approximate surface area is 120 Å². The lowest BCUT2D eigenvalue weighted by Crippen LogP contribution is -2.12. The van der Waals surface area contributed by atoms with Crippen LogP contribution in [0.25, 0.3) is 0 Å². The molecule has 0 bridgehead atoms. The summed E-state index contributed by atoms with van der Waals surface area (Å²) < 4.78 is 0. The molecule has 0 radical (unpaired) electrons. The van der Waals surface area contributed by atoms with E-state index in [0.29, 0.717) is 22.2 Å². The third-order valence-electron chi connectivity index (χ3n) is 2.65. The maximum absolute atomic E-state index is 10.9. The van der Waals surface area contributed by atoms with Crippen LogP contribution in [0, 0.1) is 0 Å². The first-order valence-electron chi connectivity index (χ1n) is 5.45. The maximum Gasteiger partial charge on any atom is 0.267 e. The standard InChI is InChI=1S/C13H11Cl2N3O/c14-8-4-10(15)9(11(16)5-8)3-7-1-2-12(13(17)19)18-6-7/h1-2,4-6H,3,16H2,(H2,17,19). The molecule has 4 N–H and O–H groups in total. The summed E-state index contributed by atoms with van der Waals surface area (Å²) >= 11 is 12.0. The summed E-state index contributed by atoms with van der Waals surface area (Å²) in [6.45, 7) is 0. The molecule has 2 aromatic rings. The molecule has 1 aromatic heterocycles. The highest BCUT2D eigenvalue weighted by molar-refractivity contribution is 6.35. The Morgan fingerprint density at radius 2 is 2.00 bits per heavy atom. The number of halogens is 2. The molecule has 1 heterocycles. The molecule has 0 spiro atoms. The minimum Gasteiger partial charge on any atom is -0.398 e. The second-order valence-corrected chi connectivity index (χ2v) is 4.89. The molecule has 6 heteroatoms. The molecule has 0 saturated carbocycles. The zero-order valence-electron chi connectivity index (χ0n) is 9.86. The van der Waals surface area contributed by atoms with Crippen molar-refractivity contribution in [3.63, 3.8) is 0 Å². The van der Waals surface area contributed by atoms with Crippen LogP contribution in [0.1, 0.15) is 21.6 Å². The van der Waals surface area contributed by atoms with E-state index in [1.165, 1.54) is 0 Å². The number of carbonyl (C=O) groups is 1. The van der Waals surface area contributed by atoms with E-state index in [9.17, 15) is 4.79 Å². The summed E-state index contributed by atoms with van der Waals surface area (Å²) in [6, 6.07) is 6.61. The van der Waals surface area contributed by atoms with Gasteiger partial charge in [-0.2, -0.15) is 0 Å². The number of amides is 1. The van der Waals surface area contributed by atoms with Gasteiger partial charge in [0.15, 0.2) is 0 Å². The van der Waals surface area contributed by atoms with E-state index in [4.69, 9.17) is 34.7 Å². The number of nitrogens with two attached hydrogens (primary N) is 2. The van der Waals surface area contributed by atoms with Gasteiger partial charge in [-0.25, -0.2) is 0 Å². The summed E-state index contributed by atoms with van der Waals surface area (Å²) in [5.74, 6) is -0.560. The number of nitrogen functional groups attached to an aromatic ring is 1. The van der Waals surface area contributed by atoms with Crippen molar-refractivity contribution in [2.45, 2.75) is 6.42 Å². The minimum absolute atomic E-state index is 0.221. The highest BCUT2D eigenvalue weighted by Gasteiger charge is 2.09. The van der Waals surface area contributed by atoms with Crippen molar-refractivity contribution in [1.82, 2.24) is 4.98 Å². The molecule has 0 saturated heterocycles. The minimum atomic E-state index is -0.560. The Hall–Kier alpha value is -1.78. The normalized spacial score (nSPS) is 10.4. The maximum atomic E-state index is 10.9. The van der Waals surface area contributed by atoms with Gasteiger partial charge in [-0.05, 0) is 29.3 Å². The van der Waals surface area contributed by atoms with Crippen molar-refractivity contribution in [2.24, 2.45) is 5.73 Å². The molecular weight excluding hydrogens is 285 g/mol. The molecule has 2 rings (SSSR count). The van der Waals surface area contributed by atoms with Crippen LogP contribution in [-0.4, -0.2) is 10.9 Å². The molecule has 0 aliphatic heterocycles. The molecule has 0 unspecified atom stereocenters. The van der Waals surface area contributed by atoms with E-state index in [0.717, 1.165) is 11.1 Å². The molecule has 19 heavy (non-hydrogen) atoms. The third kappa shape index (κ3) is 3.16. The number of benzene rings is 1. The van der Waals surface area contributed by atoms with Crippen LogP contribution in [0.5, 0.6) is 0 Å². The summed E-state index contributed by atoms with van der Waals surface area (Å²) in [7, 11) is 0. The van der Waals surface area contributed by atoms with Crippen molar-refractivity contribution in [1.29, 1.82) is 0 Å². The molecule has 0 aliphatic carbocycles. The number of pyridine rings is 1. The zero-order valence-corrected chi connectivity index (χ0v) is 11.4. The lowest BCUT2D eigenvalue weighted by molar-refractivity contribution is 0.0995. The Balaban J connectivity index is 2.29. The second-order valence-electron chi connectivity index (χ2n) is 4.05. The van der Waals surface area contributed by atoms with Crippen molar-refractivity contribution in [3.05, 3.63) is 57.3 Å². The summed E-state index contributed by atoms with van der Waals surface area (Å²) in [5.41, 5.74) is 13.4. The van der Waals surface area contributed by atoms with Crippen LogP contribution >= 0.6 is 23.2 Å². The lowest BCUT2D eigenvalue weighted by Gasteiger charge is -2.09. The fraction of sp³-hybridized carbons (Fsp3) is 0.0769. The summed E-state index contributed by atoms with van der Waals surface area (Å²) in [4.78, 5) is 14.9. The smallest absolute Gasteiger partial charge is 0.267 e. The number of nitrogens with zero attached hydrogens (tertiary/aromatic N) is 1. The Morgan fingerprint density at radius 3 is 2.53 bits per heavy atom. The van der Waals surface area contributed by atoms with Gasteiger partial charge in [-0.15, -0.1) is 0 Å². The molecule has 0 atom stereocenters. The molecule has 1 aromatic carbocycles. The van der Waals surface area contributed by atoms with Crippen LogP contribution in [0.15, 0.2) is 30.5 Å². The van der Waals surface area contributed by atoms with Gasteiger partial charge in [0.1, 0.15) is 5.69 Å². The highest BCUT2D eigenvalue weighted by Crippen LogP contribution is 2.29. The van der Waals surface area contributed by atoms with Gasteiger partial charge in [0.25, 0.3) is 5.91 Å². The van der Waals surface area contributed by atoms with Crippen LogP contribution in [0.3, 0.4) is 0 Å². The molecule has 4 nitrogen and oxygen atoms in total. The van der Waals surface area contributed by atoms with E-state index < -0.39 is 5.91 Å². The lowest BCUT2D eigenvalue weighted by atomic mass is 10.0. The average molecular weight is 296 g/mol. The molecule has 0 aliphatic rings. The number of hydrogen-bond donors (Lipinski definition) is 2. The molecular formula is C13H11Cl2N3O. The molecule has 0 fully saturated rings. The van der Waals surface area contributed by atoms with E-state index in [1.54, 1.807) is 30.5 Å². The fourth-order valence-corrected chi connectivity index (χ4v) is 2.26. The van der Waals surface area contributed by atoms with Crippen molar-refractivity contribution in [3.8, 4) is 0 Å². The van der Waals surface area contributed by atoms with E-state index >= 15 is 0 Å². The van der Waals surface area contributed by atoms with Gasteiger partial charge in [-0.1, -0.05) is 29.3 Å². The number of anilines is 1. The fourth-order valence-electron chi connectivity index (χ4n) is 1.69. The van der Waals surface area contributed by atoms with E-state index in [-0.39, 0.29) is 5.69 Å².